The molecule has 0 atom stereocenters. The molecule has 4 nitrogen and oxygen atoms in total. The van der Waals surface area contributed by atoms with Crippen LogP contribution in [0.4, 0.5) is 4.39 Å². The monoisotopic (exact) mass is 391 g/mol. The maximum absolute atomic E-state index is 13.1. The number of hydrogen-bond donors (Lipinski definition) is 1. The van der Waals surface area contributed by atoms with E-state index in [9.17, 15) is 14.0 Å². The van der Waals surface area contributed by atoms with Gasteiger partial charge in [0.05, 0.1) is 5.56 Å². The van der Waals surface area contributed by atoms with E-state index in [2.05, 4.69) is 0 Å². The van der Waals surface area contributed by atoms with Crippen molar-refractivity contribution in [2.45, 2.75) is 31.7 Å². The molecule has 6 heteroatoms. The Bertz CT molecular complexity index is 529. The van der Waals surface area contributed by atoms with Gasteiger partial charge in [0.2, 0.25) is 0 Å². The fraction of sp³-hybridized carbons (Fsp3) is 0.429. The van der Waals surface area contributed by atoms with Gasteiger partial charge in [-0.05, 0) is 53.6 Å². The molecule has 1 aromatic carbocycles. The van der Waals surface area contributed by atoms with E-state index in [0.717, 1.165) is 25.7 Å². The Morgan fingerprint density at radius 3 is 2.55 bits per heavy atom. The summed E-state index contributed by atoms with van der Waals surface area (Å²) in [5, 5.41) is 9.00. The number of amides is 1. The Labute approximate surface area is 130 Å². The molecule has 1 amide bonds. The Balaban J connectivity index is 2.27. The quantitative estimate of drug-likeness (QED) is 0.804. The molecule has 0 spiro atoms. The van der Waals surface area contributed by atoms with Crippen molar-refractivity contribution in [3.63, 3.8) is 0 Å². The Hall–Kier alpha value is -1.18. The molecule has 0 aliphatic heterocycles. The van der Waals surface area contributed by atoms with Gasteiger partial charge in [0.25, 0.3) is 5.91 Å². The third-order valence-electron chi connectivity index (χ3n) is 3.49. The predicted molar refractivity (Wildman–Crippen MR) is 80.0 cm³/mol. The van der Waals surface area contributed by atoms with E-state index < -0.39 is 11.8 Å². The number of carbonyl (C=O) groups is 2. The van der Waals surface area contributed by atoms with Crippen molar-refractivity contribution in [2.24, 2.45) is 0 Å². The number of benzene rings is 1. The van der Waals surface area contributed by atoms with Crippen LogP contribution >= 0.6 is 22.6 Å². The van der Waals surface area contributed by atoms with Gasteiger partial charge in [0.15, 0.2) is 0 Å². The molecule has 0 radical (unpaired) electrons. The van der Waals surface area contributed by atoms with Crippen LogP contribution < -0.4 is 0 Å². The third kappa shape index (κ3) is 3.47. The molecule has 0 bridgehead atoms. The molecular formula is C14H15FINO3. The number of hydrogen-bond acceptors (Lipinski definition) is 2. The van der Waals surface area contributed by atoms with E-state index in [1.165, 1.54) is 23.1 Å². The summed E-state index contributed by atoms with van der Waals surface area (Å²) in [7, 11) is 0. The zero-order valence-corrected chi connectivity index (χ0v) is 13.0. The lowest BCUT2D eigenvalue weighted by molar-refractivity contribution is -0.138. The van der Waals surface area contributed by atoms with Crippen molar-refractivity contribution in [3.05, 3.63) is 33.1 Å². The van der Waals surface area contributed by atoms with Crippen LogP contribution in [0.5, 0.6) is 0 Å². The van der Waals surface area contributed by atoms with Crippen molar-refractivity contribution < 1.29 is 19.1 Å². The van der Waals surface area contributed by atoms with Gasteiger partial charge in [-0.3, -0.25) is 9.59 Å². The second-order valence-electron chi connectivity index (χ2n) is 4.89. The highest BCUT2D eigenvalue weighted by Crippen LogP contribution is 2.26. The average Bonchev–Trinajstić information content (AvgIpc) is 2.88. The molecular weight excluding hydrogens is 376 g/mol. The van der Waals surface area contributed by atoms with Gasteiger partial charge in [-0.2, -0.15) is 0 Å². The SMILES string of the molecule is O=C(O)CN(C(=O)c1ccc(F)cc1I)C1CCCC1. The summed E-state index contributed by atoms with van der Waals surface area (Å²) < 4.78 is 13.6. The topological polar surface area (TPSA) is 57.6 Å². The molecule has 0 unspecified atom stereocenters. The Morgan fingerprint density at radius 2 is 2.00 bits per heavy atom. The second kappa shape index (κ2) is 6.51. The van der Waals surface area contributed by atoms with Crippen molar-refractivity contribution in [3.8, 4) is 0 Å². The number of carboxylic acid groups (broad SMARTS) is 1. The molecule has 0 aromatic heterocycles. The van der Waals surface area contributed by atoms with Gasteiger partial charge in [0, 0.05) is 9.61 Å². The van der Waals surface area contributed by atoms with Crippen LogP contribution in [0.3, 0.4) is 0 Å². The summed E-state index contributed by atoms with van der Waals surface area (Å²) in [5.74, 6) is -1.76. The fourth-order valence-electron chi connectivity index (χ4n) is 2.55. The zero-order valence-electron chi connectivity index (χ0n) is 10.8. The molecule has 1 fully saturated rings. The van der Waals surface area contributed by atoms with Crippen LogP contribution in [0.2, 0.25) is 0 Å². The van der Waals surface area contributed by atoms with Gasteiger partial charge in [-0.25, -0.2) is 4.39 Å². The van der Waals surface area contributed by atoms with Crippen LogP contribution in [-0.2, 0) is 4.79 Å². The first-order valence-corrected chi connectivity index (χ1v) is 7.54. The minimum absolute atomic E-state index is 0.0283. The highest BCUT2D eigenvalue weighted by atomic mass is 127. The summed E-state index contributed by atoms with van der Waals surface area (Å²) in [5.41, 5.74) is 0.361. The first-order chi connectivity index (χ1) is 9.49. The molecule has 1 aliphatic carbocycles. The largest absolute Gasteiger partial charge is 0.480 e. The first-order valence-electron chi connectivity index (χ1n) is 6.47. The molecule has 1 aromatic rings. The van der Waals surface area contributed by atoms with Gasteiger partial charge < -0.3 is 10.0 Å². The Kier molecular flexibility index (Phi) is 4.95. The van der Waals surface area contributed by atoms with E-state index in [1.807, 2.05) is 22.6 Å². The molecule has 1 aliphatic rings. The first kappa shape index (κ1) is 15.2. The molecule has 0 heterocycles. The zero-order chi connectivity index (χ0) is 14.7. The summed E-state index contributed by atoms with van der Waals surface area (Å²) in [6.45, 7) is -0.309. The minimum Gasteiger partial charge on any atom is -0.480 e. The van der Waals surface area contributed by atoms with E-state index in [4.69, 9.17) is 5.11 Å². The summed E-state index contributed by atoms with van der Waals surface area (Å²) in [6, 6.07) is 3.90. The fourth-order valence-corrected chi connectivity index (χ4v) is 3.25. The highest BCUT2D eigenvalue weighted by molar-refractivity contribution is 14.1. The molecule has 108 valence electrons. The number of carbonyl (C=O) groups excluding carboxylic acids is 1. The lowest BCUT2D eigenvalue weighted by atomic mass is 10.1. The molecule has 1 N–H and O–H groups in total. The summed E-state index contributed by atoms with van der Waals surface area (Å²) >= 11 is 1.90. The summed E-state index contributed by atoms with van der Waals surface area (Å²) in [4.78, 5) is 24.9. The smallest absolute Gasteiger partial charge is 0.323 e. The van der Waals surface area contributed by atoms with Crippen LogP contribution in [-0.4, -0.2) is 34.5 Å². The molecule has 20 heavy (non-hydrogen) atoms. The number of carboxylic acids is 1. The molecule has 0 saturated heterocycles. The number of halogens is 2. The van der Waals surface area contributed by atoms with E-state index >= 15 is 0 Å². The van der Waals surface area contributed by atoms with Crippen LogP contribution in [0.25, 0.3) is 0 Å². The van der Waals surface area contributed by atoms with Crippen molar-refractivity contribution in [2.75, 3.05) is 6.54 Å². The van der Waals surface area contributed by atoms with E-state index in [-0.39, 0.29) is 18.5 Å². The molecule has 2 rings (SSSR count). The lowest BCUT2D eigenvalue weighted by Gasteiger charge is -2.27. The van der Waals surface area contributed by atoms with Crippen LogP contribution in [0.1, 0.15) is 36.0 Å². The van der Waals surface area contributed by atoms with Gasteiger partial charge in [0.1, 0.15) is 12.4 Å². The standard InChI is InChI=1S/C14H15FINO3/c15-9-5-6-11(12(16)7-9)14(20)17(8-13(18)19)10-3-1-2-4-10/h5-7,10H,1-4,8H2,(H,18,19). The third-order valence-corrected chi connectivity index (χ3v) is 4.39. The molecule has 1 saturated carbocycles. The number of nitrogens with zero attached hydrogens (tertiary/aromatic N) is 1. The van der Waals surface area contributed by atoms with Crippen LogP contribution in [0.15, 0.2) is 18.2 Å². The predicted octanol–water partition coefficient (Wildman–Crippen LogP) is 2.90. The highest BCUT2D eigenvalue weighted by Gasteiger charge is 2.29. The van der Waals surface area contributed by atoms with Gasteiger partial charge >= 0.3 is 5.97 Å². The van der Waals surface area contributed by atoms with E-state index in [0.29, 0.717) is 9.13 Å². The lowest BCUT2D eigenvalue weighted by Crippen LogP contribution is -2.42. The van der Waals surface area contributed by atoms with E-state index in [1.54, 1.807) is 0 Å². The minimum atomic E-state index is -1.03. The summed E-state index contributed by atoms with van der Waals surface area (Å²) in [6.07, 6.45) is 3.68. The van der Waals surface area contributed by atoms with Crippen molar-refractivity contribution in [1.82, 2.24) is 4.90 Å². The van der Waals surface area contributed by atoms with Crippen molar-refractivity contribution in [1.29, 1.82) is 0 Å². The van der Waals surface area contributed by atoms with Gasteiger partial charge in [-0.1, -0.05) is 12.8 Å². The van der Waals surface area contributed by atoms with Crippen LogP contribution in [0, 0.1) is 9.39 Å². The average molecular weight is 391 g/mol. The van der Waals surface area contributed by atoms with Crippen molar-refractivity contribution >= 4 is 34.5 Å². The second-order valence-corrected chi connectivity index (χ2v) is 6.05. The maximum atomic E-state index is 13.1. The number of rotatable bonds is 4. The van der Waals surface area contributed by atoms with Gasteiger partial charge in [-0.15, -0.1) is 0 Å². The normalized spacial score (nSPS) is 15.3. The Morgan fingerprint density at radius 1 is 1.35 bits per heavy atom. The maximum Gasteiger partial charge on any atom is 0.323 e. The number of aliphatic carboxylic acids is 1.